The molecule has 0 spiro atoms. The number of hydrogen-bond acceptors (Lipinski definition) is 4. The van der Waals surface area contributed by atoms with Crippen LogP contribution in [0.5, 0.6) is 0 Å². The lowest BCUT2D eigenvalue weighted by Gasteiger charge is -2.15. The van der Waals surface area contributed by atoms with E-state index in [9.17, 15) is 9.59 Å². The maximum absolute atomic E-state index is 11.9. The van der Waals surface area contributed by atoms with E-state index in [1.165, 1.54) is 22.8 Å². The molecule has 7 heteroatoms. The molecule has 0 aliphatic carbocycles. The van der Waals surface area contributed by atoms with Gasteiger partial charge in [0.15, 0.2) is 0 Å². The fourth-order valence-corrected chi connectivity index (χ4v) is 1.36. The highest BCUT2D eigenvalue weighted by Crippen LogP contribution is 2.12. The number of nitrogens with two attached hydrogens (primary N) is 2. The zero-order valence-corrected chi connectivity index (χ0v) is 9.30. The van der Waals surface area contributed by atoms with Gasteiger partial charge >= 0.3 is 0 Å². The van der Waals surface area contributed by atoms with Crippen LogP contribution in [0.3, 0.4) is 0 Å². The Morgan fingerprint density at radius 3 is 2.69 bits per heavy atom. The first-order chi connectivity index (χ1) is 7.47. The highest BCUT2D eigenvalue weighted by Gasteiger charge is 2.20. The fraction of sp³-hybridized carbons (Fsp3) is 0.444. The smallest absolute Gasteiger partial charge is 0.274 e. The van der Waals surface area contributed by atoms with Gasteiger partial charge < -0.3 is 16.4 Å². The summed E-state index contributed by atoms with van der Waals surface area (Å²) >= 11 is 0. The molecule has 7 nitrogen and oxygen atoms in total. The Morgan fingerprint density at radius 1 is 1.56 bits per heavy atom. The molecule has 88 valence electrons. The quantitative estimate of drug-likeness (QED) is 0.688. The summed E-state index contributed by atoms with van der Waals surface area (Å²) < 4.78 is 1.48. The minimum Gasteiger partial charge on any atom is -0.396 e. The van der Waals surface area contributed by atoms with Crippen molar-refractivity contribution in [2.75, 3.05) is 19.3 Å². The molecule has 0 radical (unpaired) electrons. The molecule has 0 aliphatic rings. The van der Waals surface area contributed by atoms with Crippen LogP contribution in [-0.4, -0.2) is 40.1 Å². The predicted molar refractivity (Wildman–Crippen MR) is 58.5 cm³/mol. The summed E-state index contributed by atoms with van der Waals surface area (Å²) in [6.07, 6.45) is 1.41. The second-order valence-corrected chi connectivity index (χ2v) is 3.39. The first-order valence-electron chi connectivity index (χ1n) is 4.82. The van der Waals surface area contributed by atoms with Gasteiger partial charge in [0.1, 0.15) is 5.69 Å². The summed E-state index contributed by atoms with van der Waals surface area (Å²) in [5.41, 5.74) is 11.2. The van der Waals surface area contributed by atoms with Crippen molar-refractivity contribution in [2.24, 2.45) is 5.73 Å². The average molecular weight is 225 g/mol. The first kappa shape index (κ1) is 12.0. The second-order valence-electron chi connectivity index (χ2n) is 3.39. The summed E-state index contributed by atoms with van der Waals surface area (Å²) in [4.78, 5) is 23.8. The summed E-state index contributed by atoms with van der Waals surface area (Å²) in [5, 5.41) is 3.94. The van der Waals surface area contributed by atoms with Crippen LogP contribution in [0.1, 0.15) is 17.4 Å². The molecule has 1 aromatic heterocycles. The van der Waals surface area contributed by atoms with Crippen molar-refractivity contribution in [3.8, 4) is 0 Å². The third kappa shape index (κ3) is 2.30. The Morgan fingerprint density at radius 2 is 2.19 bits per heavy atom. The number of nitrogens with zero attached hydrogens (tertiary/aromatic N) is 3. The topological polar surface area (TPSA) is 107 Å². The first-order valence-corrected chi connectivity index (χ1v) is 4.82. The molecule has 0 aromatic carbocycles. The van der Waals surface area contributed by atoms with Gasteiger partial charge in [-0.3, -0.25) is 14.3 Å². The normalized spacial score (nSPS) is 10.1. The van der Waals surface area contributed by atoms with Crippen molar-refractivity contribution in [3.63, 3.8) is 0 Å². The molecular weight excluding hydrogens is 210 g/mol. The fourth-order valence-electron chi connectivity index (χ4n) is 1.36. The second kappa shape index (κ2) is 4.65. The zero-order chi connectivity index (χ0) is 12.3. The van der Waals surface area contributed by atoms with Crippen LogP contribution in [0.4, 0.5) is 5.69 Å². The number of likely N-dealkylation sites (N-methyl/N-ethyl adjacent to an activating group) is 1. The van der Waals surface area contributed by atoms with E-state index in [0.29, 0.717) is 12.2 Å². The van der Waals surface area contributed by atoms with E-state index in [1.807, 2.05) is 6.92 Å². The van der Waals surface area contributed by atoms with Crippen molar-refractivity contribution in [1.29, 1.82) is 0 Å². The lowest BCUT2D eigenvalue weighted by atomic mass is 10.3. The summed E-state index contributed by atoms with van der Waals surface area (Å²) in [5.74, 6) is -0.937. The molecule has 0 aliphatic heterocycles. The minimum absolute atomic E-state index is 0.146. The molecule has 1 heterocycles. The monoisotopic (exact) mass is 225 g/mol. The van der Waals surface area contributed by atoms with Gasteiger partial charge in [-0.1, -0.05) is 0 Å². The van der Waals surface area contributed by atoms with Crippen molar-refractivity contribution in [2.45, 2.75) is 13.5 Å². The van der Waals surface area contributed by atoms with E-state index in [2.05, 4.69) is 5.10 Å². The zero-order valence-electron chi connectivity index (χ0n) is 9.30. The van der Waals surface area contributed by atoms with Crippen molar-refractivity contribution >= 4 is 17.5 Å². The number of amides is 2. The molecule has 16 heavy (non-hydrogen) atoms. The average Bonchev–Trinajstić information content (AvgIpc) is 2.57. The van der Waals surface area contributed by atoms with E-state index in [1.54, 1.807) is 0 Å². The summed E-state index contributed by atoms with van der Waals surface area (Å²) in [7, 11) is 1.49. The van der Waals surface area contributed by atoms with Gasteiger partial charge in [0, 0.05) is 13.6 Å². The van der Waals surface area contributed by atoms with Crippen molar-refractivity contribution in [1.82, 2.24) is 14.7 Å². The lowest BCUT2D eigenvalue weighted by molar-refractivity contribution is -0.118. The van der Waals surface area contributed by atoms with Crippen LogP contribution in [0.15, 0.2) is 6.20 Å². The SMILES string of the molecule is CCn1ncc(N)c1C(=O)N(C)CC(N)=O. The number of carbonyl (C=O) groups is 2. The maximum atomic E-state index is 11.9. The Kier molecular flexibility index (Phi) is 3.49. The third-order valence-electron chi connectivity index (χ3n) is 2.11. The molecule has 0 saturated carbocycles. The number of aromatic nitrogens is 2. The Hall–Kier alpha value is -2.05. The minimum atomic E-state index is -0.572. The Balaban J connectivity index is 2.95. The number of aryl methyl sites for hydroxylation is 1. The molecule has 1 aromatic rings. The van der Waals surface area contributed by atoms with Gasteiger partial charge in [0.2, 0.25) is 5.91 Å². The molecule has 2 amide bonds. The van der Waals surface area contributed by atoms with Gasteiger partial charge in [0.25, 0.3) is 5.91 Å². The largest absolute Gasteiger partial charge is 0.396 e. The Labute approximate surface area is 93.0 Å². The van der Waals surface area contributed by atoms with Gasteiger partial charge in [-0.15, -0.1) is 0 Å². The van der Waals surface area contributed by atoms with Crippen molar-refractivity contribution < 1.29 is 9.59 Å². The van der Waals surface area contributed by atoms with Crippen molar-refractivity contribution in [3.05, 3.63) is 11.9 Å². The van der Waals surface area contributed by atoms with Gasteiger partial charge in [-0.05, 0) is 6.92 Å². The van der Waals surface area contributed by atoms with Crippen LogP contribution in [0, 0.1) is 0 Å². The van der Waals surface area contributed by atoms with Crippen LogP contribution >= 0.6 is 0 Å². The highest BCUT2D eigenvalue weighted by atomic mass is 16.2. The number of carbonyl (C=O) groups excluding carboxylic acids is 2. The molecule has 0 unspecified atom stereocenters. The van der Waals surface area contributed by atoms with E-state index < -0.39 is 5.91 Å². The van der Waals surface area contributed by atoms with E-state index in [0.717, 1.165) is 0 Å². The number of anilines is 1. The summed E-state index contributed by atoms with van der Waals surface area (Å²) in [6, 6.07) is 0. The molecule has 1 rings (SSSR count). The highest BCUT2D eigenvalue weighted by molar-refractivity contribution is 5.98. The third-order valence-corrected chi connectivity index (χ3v) is 2.11. The lowest BCUT2D eigenvalue weighted by Crippen LogP contribution is -2.36. The molecule has 0 saturated heterocycles. The predicted octanol–water partition coefficient (Wildman–Crippen LogP) is -0.957. The van der Waals surface area contributed by atoms with E-state index in [-0.39, 0.29) is 18.1 Å². The molecule has 0 bridgehead atoms. The van der Waals surface area contributed by atoms with E-state index >= 15 is 0 Å². The Bertz CT molecular complexity index is 412. The van der Waals surface area contributed by atoms with Gasteiger partial charge in [-0.2, -0.15) is 5.10 Å². The molecule has 4 N–H and O–H groups in total. The van der Waals surface area contributed by atoms with Crippen LogP contribution < -0.4 is 11.5 Å². The van der Waals surface area contributed by atoms with E-state index in [4.69, 9.17) is 11.5 Å². The maximum Gasteiger partial charge on any atom is 0.274 e. The van der Waals surface area contributed by atoms with Crippen LogP contribution in [-0.2, 0) is 11.3 Å². The molecule has 0 fully saturated rings. The number of rotatable bonds is 4. The molecular formula is C9H15N5O2. The van der Waals surface area contributed by atoms with Gasteiger partial charge in [0.05, 0.1) is 18.4 Å². The number of nitrogen functional groups attached to an aromatic ring is 1. The standard InChI is InChI=1S/C9H15N5O2/c1-3-14-8(6(10)4-12-14)9(16)13(2)5-7(11)15/h4H,3,5,10H2,1-2H3,(H2,11,15). The van der Waals surface area contributed by atoms with Crippen LogP contribution in [0.25, 0.3) is 0 Å². The van der Waals surface area contributed by atoms with Crippen LogP contribution in [0.2, 0.25) is 0 Å². The summed E-state index contributed by atoms with van der Waals surface area (Å²) in [6.45, 7) is 2.23. The molecule has 0 atom stereocenters. The number of hydrogen-bond donors (Lipinski definition) is 2. The number of primary amides is 1. The van der Waals surface area contributed by atoms with Gasteiger partial charge in [-0.25, -0.2) is 0 Å².